The Hall–Kier alpha value is -2.54. The summed E-state index contributed by atoms with van der Waals surface area (Å²) in [4.78, 5) is 21.2. The highest BCUT2D eigenvalue weighted by atomic mass is 16.6. The zero-order valence-corrected chi connectivity index (χ0v) is 12.2. The summed E-state index contributed by atoms with van der Waals surface area (Å²) in [6, 6.07) is 5.34. The summed E-state index contributed by atoms with van der Waals surface area (Å²) in [6.07, 6.45) is 3.00. The molecule has 0 spiro atoms. The van der Waals surface area contributed by atoms with Gasteiger partial charge in [0.25, 0.3) is 5.69 Å². The second-order valence-corrected chi connectivity index (χ2v) is 5.09. The number of rotatable bonds is 3. The number of nitro groups is 1. The molecule has 0 bridgehead atoms. The van der Waals surface area contributed by atoms with Crippen LogP contribution >= 0.6 is 0 Å². The predicted molar refractivity (Wildman–Crippen MR) is 81.9 cm³/mol. The maximum atomic E-state index is 10.9. The number of hydrogen-bond donors (Lipinski definition) is 0. The van der Waals surface area contributed by atoms with Crippen LogP contribution < -0.4 is 4.90 Å². The Morgan fingerprint density at radius 1 is 1.27 bits per heavy atom. The zero-order valence-electron chi connectivity index (χ0n) is 12.2. The number of aryl methyl sites for hydroxylation is 1. The summed E-state index contributed by atoms with van der Waals surface area (Å²) in [6.45, 7) is 4.80. The fourth-order valence-corrected chi connectivity index (χ4v) is 2.47. The Morgan fingerprint density at radius 3 is 2.77 bits per heavy atom. The molecule has 1 fully saturated rings. The minimum absolute atomic E-state index is 0.00895. The minimum Gasteiger partial charge on any atom is -0.378 e. The van der Waals surface area contributed by atoms with Crippen molar-refractivity contribution in [1.82, 2.24) is 9.97 Å². The zero-order chi connectivity index (χ0) is 15.5. The van der Waals surface area contributed by atoms with E-state index in [-0.39, 0.29) is 5.69 Å². The van der Waals surface area contributed by atoms with E-state index in [9.17, 15) is 10.1 Å². The summed E-state index contributed by atoms with van der Waals surface area (Å²) in [5.74, 6) is 0.853. The molecule has 1 saturated heterocycles. The van der Waals surface area contributed by atoms with Gasteiger partial charge in [0.15, 0.2) is 0 Å². The SMILES string of the molecule is Cc1ncc([N+](=O)[O-])cc1-c1ccnc(N2CCOCC2)c1. The number of pyridine rings is 2. The molecule has 0 amide bonds. The van der Waals surface area contributed by atoms with E-state index < -0.39 is 4.92 Å². The largest absolute Gasteiger partial charge is 0.378 e. The van der Waals surface area contributed by atoms with Crippen LogP contribution in [0.25, 0.3) is 11.1 Å². The van der Waals surface area contributed by atoms with Gasteiger partial charge in [-0.3, -0.25) is 15.1 Å². The van der Waals surface area contributed by atoms with Crippen LogP contribution in [0.1, 0.15) is 5.69 Å². The van der Waals surface area contributed by atoms with E-state index in [0.717, 1.165) is 35.7 Å². The Balaban J connectivity index is 1.98. The molecule has 0 N–H and O–H groups in total. The summed E-state index contributed by atoms with van der Waals surface area (Å²) in [5.41, 5.74) is 2.38. The highest BCUT2D eigenvalue weighted by Crippen LogP contribution is 2.28. The van der Waals surface area contributed by atoms with E-state index in [1.807, 2.05) is 19.1 Å². The van der Waals surface area contributed by atoms with Gasteiger partial charge in [-0.25, -0.2) is 4.98 Å². The van der Waals surface area contributed by atoms with E-state index in [1.165, 1.54) is 6.20 Å². The maximum Gasteiger partial charge on any atom is 0.288 e. The van der Waals surface area contributed by atoms with E-state index in [1.54, 1.807) is 12.3 Å². The average Bonchev–Trinajstić information content (AvgIpc) is 2.56. The summed E-state index contributed by atoms with van der Waals surface area (Å²) in [7, 11) is 0. The van der Waals surface area contributed by atoms with Crippen LogP contribution in [-0.2, 0) is 4.74 Å². The van der Waals surface area contributed by atoms with Gasteiger partial charge in [0.2, 0.25) is 0 Å². The molecule has 22 heavy (non-hydrogen) atoms. The molecule has 1 aliphatic heterocycles. The molecule has 3 rings (SSSR count). The van der Waals surface area contributed by atoms with Gasteiger partial charge in [-0.2, -0.15) is 0 Å². The first-order valence-electron chi connectivity index (χ1n) is 7.05. The van der Waals surface area contributed by atoms with Gasteiger partial charge in [-0.05, 0) is 24.6 Å². The third-order valence-electron chi connectivity index (χ3n) is 3.67. The lowest BCUT2D eigenvalue weighted by molar-refractivity contribution is -0.385. The molecule has 2 aromatic rings. The van der Waals surface area contributed by atoms with Gasteiger partial charge in [-0.15, -0.1) is 0 Å². The Morgan fingerprint density at radius 2 is 2.05 bits per heavy atom. The van der Waals surface area contributed by atoms with Crippen molar-refractivity contribution in [2.24, 2.45) is 0 Å². The van der Waals surface area contributed by atoms with Crippen LogP contribution in [0.4, 0.5) is 11.5 Å². The van der Waals surface area contributed by atoms with Crippen molar-refractivity contribution in [3.63, 3.8) is 0 Å². The van der Waals surface area contributed by atoms with Crippen molar-refractivity contribution >= 4 is 11.5 Å². The highest BCUT2D eigenvalue weighted by molar-refractivity contribution is 5.70. The fourth-order valence-electron chi connectivity index (χ4n) is 2.47. The van der Waals surface area contributed by atoms with E-state index in [0.29, 0.717) is 13.2 Å². The van der Waals surface area contributed by atoms with Crippen molar-refractivity contribution in [3.05, 3.63) is 46.4 Å². The molecular formula is C15H16N4O3. The van der Waals surface area contributed by atoms with E-state index in [4.69, 9.17) is 4.74 Å². The van der Waals surface area contributed by atoms with Crippen molar-refractivity contribution in [1.29, 1.82) is 0 Å². The van der Waals surface area contributed by atoms with Gasteiger partial charge in [0.1, 0.15) is 12.0 Å². The molecule has 0 radical (unpaired) electrons. The lowest BCUT2D eigenvalue weighted by Gasteiger charge is -2.28. The molecule has 0 atom stereocenters. The monoisotopic (exact) mass is 300 g/mol. The van der Waals surface area contributed by atoms with Gasteiger partial charge in [0, 0.05) is 36.6 Å². The van der Waals surface area contributed by atoms with Crippen LogP contribution in [-0.4, -0.2) is 41.2 Å². The fraction of sp³-hybridized carbons (Fsp3) is 0.333. The van der Waals surface area contributed by atoms with Crippen molar-refractivity contribution in [2.75, 3.05) is 31.2 Å². The maximum absolute atomic E-state index is 10.9. The predicted octanol–water partition coefficient (Wildman–Crippen LogP) is 2.20. The Labute approximate surface area is 127 Å². The van der Waals surface area contributed by atoms with Crippen LogP contribution in [0.2, 0.25) is 0 Å². The average molecular weight is 300 g/mol. The standard InChI is InChI=1S/C15H16N4O3/c1-11-14(9-13(10-17-11)19(20)21)12-2-3-16-15(8-12)18-4-6-22-7-5-18/h2-3,8-10H,4-7H2,1H3. The lowest BCUT2D eigenvalue weighted by atomic mass is 10.1. The Bertz CT molecular complexity index is 699. The highest BCUT2D eigenvalue weighted by Gasteiger charge is 2.15. The lowest BCUT2D eigenvalue weighted by Crippen LogP contribution is -2.36. The van der Waals surface area contributed by atoms with E-state index in [2.05, 4.69) is 14.9 Å². The quantitative estimate of drug-likeness (QED) is 0.638. The van der Waals surface area contributed by atoms with Crippen LogP contribution in [0.15, 0.2) is 30.6 Å². The molecule has 3 heterocycles. The summed E-state index contributed by atoms with van der Waals surface area (Å²) in [5, 5.41) is 10.9. The normalized spacial score (nSPS) is 14.9. The Kier molecular flexibility index (Phi) is 3.97. The molecule has 0 aromatic carbocycles. The molecule has 0 aliphatic carbocycles. The topological polar surface area (TPSA) is 81.4 Å². The molecule has 114 valence electrons. The molecule has 2 aromatic heterocycles. The van der Waals surface area contributed by atoms with Gasteiger partial charge >= 0.3 is 0 Å². The van der Waals surface area contributed by atoms with Gasteiger partial charge in [-0.1, -0.05) is 0 Å². The van der Waals surface area contributed by atoms with Crippen molar-refractivity contribution in [2.45, 2.75) is 6.92 Å². The number of hydrogen-bond acceptors (Lipinski definition) is 6. The number of anilines is 1. The first-order valence-corrected chi connectivity index (χ1v) is 7.05. The minimum atomic E-state index is -0.431. The molecule has 7 nitrogen and oxygen atoms in total. The second-order valence-electron chi connectivity index (χ2n) is 5.09. The third kappa shape index (κ3) is 2.89. The van der Waals surface area contributed by atoms with E-state index >= 15 is 0 Å². The van der Waals surface area contributed by atoms with Crippen LogP contribution in [0.3, 0.4) is 0 Å². The number of nitrogens with zero attached hydrogens (tertiary/aromatic N) is 4. The number of ether oxygens (including phenoxy) is 1. The van der Waals surface area contributed by atoms with Crippen molar-refractivity contribution in [3.8, 4) is 11.1 Å². The first kappa shape index (κ1) is 14.4. The smallest absolute Gasteiger partial charge is 0.288 e. The molecule has 0 saturated carbocycles. The number of aromatic nitrogens is 2. The van der Waals surface area contributed by atoms with Gasteiger partial charge in [0.05, 0.1) is 18.1 Å². The molecule has 7 heteroatoms. The number of morpholine rings is 1. The molecule has 1 aliphatic rings. The molecular weight excluding hydrogens is 284 g/mol. The van der Waals surface area contributed by atoms with Gasteiger partial charge < -0.3 is 9.64 Å². The summed E-state index contributed by atoms with van der Waals surface area (Å²) < 4.78 is 5.34. The van der Waals surface area contributed by atoms with Crippen molar-refractivity contribution < 1.29 is 9.66 Å². The second kappa shape index (κ2) is 6.07. The van der Waals surface area contributed by atoms with Crippen LogP contribution in [0, 0.1) is 17.0 Å². The summed E-state index contributed by atoms with van der Waals surface area (Å²) >= 11 is 0. The molecule has 0 unspecified atom stereocenters. The van der Waals surface area contributed by atoms with Crippen LogP contribution in [0.5, 0.6) is 0 Å². The third-order valence-corrected chi connectivity index (χ3v) is 3.67. The first-order chi connectivity index (χ1) is 10.6.